The highest BCUT2D eigenvalue weighted by Crippen LogP contribution is 2.32. The summed E-state index contributed by atoms with van der Waals surface area (Å²) in [5, 5.41) is 10.2. The molecule has 5 heteroatoms. The predicted octanol–water partition coefficient (Wildman–Crippen LogP) is 3.91. The van der Waals surface area contributed by atoms with Gasteiger partial charge in [-0.15, -0.1) is 0 Å². The Morgan fingerprint density at radius 1 is 1.32 bits per heavy atom. The molecule has 0 radical (unpaired) electrons. The summed E-state index contributed by atoms with van der Waals surface area (Å²) in [7, 11) is 0. The van der Waals surface area contributed by atoms with Crippen LogP contribution in [0, 0.1) is 11.3 Å². The van der Waals surface area contributed by atoms with Gasteiger partial charge >= 0.3 is 0 Å². The first-order valence-corrected chi connectivity index (χ1v) is 8.81. The minimum Gasteiger partial charge on any atom is -0.284 e. The summed E-state index contributed by atoms with van der Waals surface area (Å²) in [4.78, 5) is 17.6. The third-order valence-corrected chi connectivity index (χ3v) is 5.17. The monoisotopic (exact) mass is 313 g/mol. The average molecular weight is 313 g/mol. The Kier molecular flexibility index (Phi) is 4.79. The van der Waals surface area contributed by atoms with Crippen LogP contribution >= 0.6 is 11.8 Å². The number of benzene rings is 1. The number of rotatable bonds is 5. The Labute approximate surface area is 134 Å². The molecule has 1 aliphatic rings. The molecule has 1 aromatic carbocycles. The molecule has 22 heavy (non-hydrogen) atoms. The molecule has 0 saturated heterocycles. The number of hydrogen-bond donors (Lipinski definition) is 0. The third kappa shape index (κ3) is 3.02. The van der Waals surface area contributed by atoms with Crippen molar-refractivity contribution in [3.63, 3.8) is 0 Å². The normalized spacial score (nSPS) is 15.2. The van der Waals surface area contributed by atoms with Crippen molar-refractivity contribution in [1.82, 2.24) is 9.55 Å². The van der Waals surface area contributed by atoms with Crippen molar-refractivity contribution in [3.05, 3.63) is 34.6 Å². The zero-order chi connectivity index (χ0) is 15.4. The summed E-state index contributed by atoms with van der Waals surface area (Å²) < 4.78 is 1.91. The molecule has 1 fully saturated rings. The zero-order valence-electron chi connectivity index (χ0n) is 12.5. The van der Waals surface area contributed by atoms with Crippen molar-refractivity contribution in [3.8, 4) is 6.07 Å². The van der Waals surface area contributed by atoms with E-state index in [4.69, 9.17) is 10.2 Å². The molecule has 1 heterocycles. The van der Waals surface area contributed by atoms with Crippen LogP contribution in [0.25, 0.3) is 10.9 Å². The van der Waals surface area contributed by atoms with Gasteiger partial charge in [-0.25, -0.2) is 4.98 Å². The van der Waals surface area contributed by atoms with Gasteiger partial charge in [0.2, 0.25) is 0 Å². The van der Waals surface area contributed by atoms with Crippen molar-refractivity contribution in [1.29, 1.82) is 5.26 Å². The van der Waals surface area contributed by atoms with Crippen LogP contribution in [0.2, 0.25) is 0 Å². The largest absolute Gasteiger partial charge is 0.284 e. The molecular formula is C17H19N3OS. The van der Waals surface area contributed by atoms with Gasteiger partial charge in [0.1, 0.15) is 0 Å². The molecule has 2 aromatic rings. The van der Waals surface area contributed by atoms with Crippen LogP contribution in [0.1, 0.15) is 44.6 Å². The molecule has 0 N–H and O–H groups in total. The summed E-state index contributed by atoms with van der Waals surface area (Å²) in [6.07, 6.45) is 5.87. The molecule has 3 rings (SSSR count). The Balaban J connectivity index is 2.01. The van der Waals surface area contributed by atoms with E-state index in [-0.39, 0.29) is 11.6 Å². The van der Waals surface area contributed by atoms with Gasteiger partial charge in [0.25, 0.3) is 5.56 Å². The first-order valence-electron chi connectivity index (χ1n) is 7.82. The van der Waals surface area contributed by atoms with Crippen LogP contribution in [0.3, 0.4) is 0 Å². The van der Waals surface area contributed by atoms with Gasteiger partial charge < -0.3 is 0 Å². The molecule has 1 saturated carbocycles. The molecule has 1 aromatic heterocycles. The van der Waals surface area contributed by atoms with Gasteiger partial charge in [0, 0.05) is 18.2 Å². The van der Waals surface area contributed by atoms with E-state index < -0.39 is 0 Å². The van der Waals surface area contributed by atoms with Crippen molar-refractivity contribution in [2.45, 2.75) is 49.7 Å². The van der Waals surface area contributed by atoms with E-state index in [0.717, 1.165) is 35.7 Å². The van der Waals surface area contributed by atoms with Gasteiger partial charge in [0.15, 0.2) is 5.16 Å². The number of unbranched alkanes of at least 4 members (excludes halogenated alkanes) is 1. The van der Waals surface area contributed by atoms with E-state index in [1.807, 2.05) is 28.8 Å². The Hall–Kier alpha value is -1.80. The number of nitrogens with zero attached hydrogens (tertiary/aromatic N) is 3. The molecule has 0 bridgehead atoms. The predicted molar refractivity (Wildman–Crippen MR) is 89.1 cm³/mol. The maximum Gasteiger partial charge on any atom is 0.262 e. The average Bonchev–Trinajstić information content (AvgIpc) is 3.06. The molecule has 0 unspecified atom stereocenters. The number of fused-ring (bicyclic) bond motifs is 1. The van der Waals surface area contributed by atoms with Gasteiger partial charge in [-0.3, -0.25) is 9.36 Å². The van der Waals surface area contributed by atoms with Crippen LogP contribution in [-0.2, 0) is 0 Å². The lowest BCUT2D eigenvalue weighted by Gasteiger charge is -2.18. The lowest BCUT2D eigenvalue weighted by molar-refractivity contribution is 0.457. The molecule has 0 amide bonds. The zero-order valence-corrected chi connectivity index (χ0v) is 13.3. The second-order valence-corrected chi connectivity index (χ2v) is 6.70. The minimum absolute atomic E-state index is 0.0836. The Bertz CT molecular complexity index is 757. The van der Waals surface area contributed by atoms with Crippen LogP contribution < -0.4 is 5.56 Å². The number of aromatic nitrogens is 2. The number of hydrogen-bond acceptors (Lipinski definition) is 4. The third-order valence-electron chi connectivity index (χ3n) is 4.13. The first kappa shape index (κ1) is 15.1. The van der Waals surface area contributed by atoms with Crippen LogP contribution in [0.4, 0.5) is 0 Å². The van der Waals surface area contributed by atoms with E-state index in [9.17, 15) is 4.79 Å². The van der Waals surface area contributed by atoms with Gasteiger partial charge in [-0.05, 0) is 31.4 Å². The van der Waals surface area contributed by atoms with Crippen molar-refractivity contribution < 1.29 is 0 Å². The van der Waals surface area contributed by atoms with E-state index in [2.05, 4.69) is 6.07 Å². The minimum atomic E-state index is 0.0836. The number of para-hydroxylation sites is 1. The maximum atomic E-state index is 12.9. The molecule has 114 valence electrons. The van der Waals surface area contributed by atoms with Crippen molar-refractivity contribution in [2.24, 2.45) is 0 Å². The second-order valence-electron chi connectivity index (χ2n) is 5.64. The molecule has 0 atom stereocenters. The lowest BCUT2D eigenvalue weighted by atomic mass is 10.2. The number of thioether (sulfide) groups is 1. The van der Waals surface area contributed by atoms with Crippen molar-refractivity contribution >= 4 is 22.7 Å². The Morgan fingerprint density at radius 2 is 2.09 bits per heavy atom. The summed E-state index contributed by atoms with van der Waals surface area (Å²) in [6, 6.07) is 10.0. The highest BCUT2D eigenvalue weighted by atomic mass is 32.2. The van der Waals surface area contributed by atoms with Crippen LogP contribution in [0.5, 0.6) is 0 Å². The van der Waals surface area contributed by atoms with Gasteiger partial charge in [-0.1, -0.05) is 36.7 Å². The highest BCUT2D eigenvalue weighted by Gasteiger charge is 2.22. The summed E-state index contributed by atoms with van der Waals surface area (Å²) >= 11 is 1.60. The molecule has 1 aliphatic carbocycles. The molecule has 0 aliphatic heterocycles. The maximum absolute atomic E-state index is 12.9. The quantitative estimate of drug-likeness (QED) is 0.477. The molecular weight excluding hydrogens is 294 g/mol. The first-order chi connectivity index (χ1) is 10.8. The fourth-order valence-corrected chi connectivity index (χ4v) is 4.03. The van der Waals surface area contributed by atoms with E-state index in [1.54, 1.807) is 11.8 Å². The topological polar surface area (TPSA) is 58.7 Å². The highest BCUT2D eigenvalue weighted by molar-refractivity contribution is 7.99. The molecule has 4 nitrogen and oxygen atoms in total. The summed E-state index contributed by atoms with van der Waals surface area (Å²) in [5.74, 6) is 0.824. The van der Waals surface area contributed by atoms with Crippen LogP contribution in [0.15, 0.2) is 34.2 Å². The summed E-state index contributed by atoms with van der Waals surface area (Å²) in [6.45, 7) is 0. The molecule has 0 spiro atoms. The number of nitriles is 1. The SMILES string of the molecule is N#CCCCSc1nc2ccccc2c(=O)n1C1CCCC1. The lowest BCUT2D eigenvalue weighted by Crippen LogP contribution is -2.26. The fraction of sp³-hybridized carbons (Fsp3) is 0.471. The smallest absolute Gasteiger partial charge is 0.262 e. The Morgan fingerprint density at radius 3 is 2.86 bits per heavy atom. The fourth-order valence-electron chi connectivity index (χ4n) is 3.03. The van der Waals surface area contributed by atoms with Crippen molar-refractivity contribution in [2.75, 3.05) is 5.75 Å². The standard InChI is InChI=1S/C17H19N3OS/c18-11-5-6-12-22-17-19-15-10-4-3-9-14(15)16(21)20(17)13-7-1-2-8-13/h3-4,9-10,13H,1-2,5-8,12H2. The van der Waals surface area contributed by atoms with E-state index in [0.29, 0.717) is 11.8 Å². The van der Waals surface area contributed by atoms with E-state index >= 15 is 0 Å². The van der Waals surface area contributed by atoms with Gasteiger partial charge in [0.05, 0.1) is 17.0 Å². The second kappa shape index (κ2) is 6.97. The summed E-state index contributed by atoms with van der Waals surface area (Å²) in [5.41, 5.74) is 0.852. The van der Waals surface area contributed by atoms with Gasteiger partial charge in [-0.2, -0.15) is 5.26 Å². The van der Waals surface area contributed by atoms with E-state index in [1.165, 1.54) is 12.8 Å². The van der Waals surface area contributed by atoms with Crippen LogP contribution in [-0.4, -0.2) is 15.3 Å².